The molecule has 9 nitrogen and oxygen atoms in total. The van der Waals surface area contributed by atoms with Gasteiger partial charge in [-0.15, -0.1) is 0 Å². The van der Waals surface area contributed by atoms with Crippen LogP contribution in [0.15, 0.2) is 28.0 Å². The first-order valence-electron chi connectivity index (χ1n) is 6.34. The van der Waals surface area contributed by atoms with Gasteiger partial charge in [-0.2, -0.15) is 4.31 Å². The van der Waals surface area contributed by atoms with Crippen molar-refractivity contribution in [1.82, 2.24) is 9.21 Å². The molecule has 0 spiro atoms. The van der Waals surface area contributed by atoms with Gasteiger partial charge in [-0.05, 0) is 18.2 Å². The number of primary sulfonamides is 1. The number of carbonyl (C=O) groups is 1. The van der Waals surface area contributed by atoms with E-state index in [1.165, 1.54) is 0 Å². The molecule has 1 aliphatic heterocycles. The molecule has 0 radical (unpaired) electrons. The van der Waals surface area contributed by atoms with Gasteiger partial charge >= 0.3 is 6.09 Å². The molecule has 2 rings (SSSR count). The van der Waals surface area contributed by atoms with Crippen molar-refractivity contribution >= 4 is 26.1 Å². The van der Waals surface area contributed by atoms with Crippen molar-refractivity contribution < 1.29 is 31.1 Å². The summed E-state index contributed by atoms with van der Waals surface area (Å²) < 4.78 is 62.0. The lowest BCUT2D eigenvalue weighted by Crippen LogP contribution is -2.50. The van der Waals surface area contributed by atoms with Crippen molar-refractivity contribution in [3.63, 3.8) is 0 Å². The molecule has 0 saturated carbocycles. The summed E-state index contributed by atoms with van der Waals surface area (Å²) in [7, 11) is -8.35. The van der Waals surface area contributed by atoms with Crippen molar-refractivity contribution in [2.24, 2.45) is 5.14 Å². The Balaban J connectivity index is 2.29. The van der Waals surface area contributed by atoms with Crippen LogP contribution in [0.1, 0.15) is 0 Å². The summed E-state index contributed by atoms with van der Waals surface area (Å²) in [6, 6.07) is 2.27. The standard InChI is InChI=1S/C11H14FN3O6S2/c12-9-7-8(22(13,18)19)1-2-10(9)23(20,21)15-5-3-14(4-6-15)11(16)17/h1-2,7H,3-6H2,(H,16,17)(H2,13,18,19). The van der Waals surface area contributed by atoms with E-state index in [1.54, 1.807) is 0 Å². The van der Waals surface area contributed by atoms with E-state index in [0.29, 0.717) is 6.07 Å². The molecular formula is C11H14FN3O6S2. The van der Waals surface area contributed by atoms with Crippen molar-refractivity contribution in [3.05, 3.63) is 24.0 Å². The van der Waals surface area contributed by atoms with Crippen LogP contribution in [0, 0.1) is 5.82 Å². The van der Waals surface area contributed by atoms with Crippen molar-refractivity contribution in [3.8, 4) is 0 Å². The maximum atomic E-state index is 14.0. The second-order valence-corrected chi connectivity index (χ2v) is 8.28. The van der Waals surface area contributed by atoms with Crippen LogP contribution in [-0.2, 0) is 20.0 Å². The number of carboxylic acid groups (broad SMARTS) is 1. The minimum absolute atomic E-state index is 0.0363. The fraction of sp³-hybridized carbons (Fsp3) is 0.364. The summed E-state index contributed by atoms with van der Waals surface area (Å²) in [6.45, 7) is -0.313. The third kappa shape index (κ3) is 3.60. The molecule has 0 bridgehead atoms. The second kappa shape index (κ2) is 6.03. The zero-order valence-electron chi connectivity index (χ0n) is 11.7. The highest BCUT2D eigenvalue weighted by Gasteiger charge is 2.32. The number of sulfonamides is 2. The number of halogens is 1. The summed E-state index contributed by atoms with van der Waals surface area (Å²) in [4.78, 5) is 10.6. The van der Waals surface area contributed by atoms with E-state index in [9.17, 15) is 26.0 Å². The van der Waals surface area contributed by atoms with Crippen LogP contribution in [0.25, 0.3) is 0 Å². The highest BCUT2D eigenvalue weighted by atomic mass is 32.2. The molecule has 0 atom stereocenters. The average Bonchev–Trinajstić information content (AvgIpc) is 2.46. The number of hydrogen-bond acceptors (Lipinski definition) is 5. The Morgan fingerprint density at radius 2 is 1.70 bits per heavy atom. The third-order valence-corrected chi connectivity index (χ3v) is 6.20. The molecule has 1 aromatic carbocycles. The zero-order chi connectivity index (χ0) is 17.4. The summed E-state index contributed by atoms with van der Waals surface area (Å²) in [6.07, 6.45) is -1.16. The van der Waals surface area contributed by atoms with E-state index >= 15 is 0 Å². The molecule has 0 aliphatic carbocycles. The van der Waals surface area contributed by atoms with Crippen LogP contribution >= 0.6 is 0 Å². The van der Waals surface area contributed by atoms with Gasteiger partial charge < -0.3 is 10.0 Å². The minimum Gasteiger partial charge on any atom is -0.465 e. The molecule has 1 amide bonds. The van der Waals surface area contributed by atoms with E-state index in [0.717, 1.165) is 21.3 Å². The molecule has 128 valence electrons. The highest BCUT2D eigenvalue weighted by molar-refractivity contribution is 7.89. The third-order valence-electron chi connectivity index (χ3n) is 3.36. The first-order chi connectivity index (χ1) is 10.5. The first-order valence-corrected chi connectivity index (χ1v) is 9.32. The fourth-order valence-electron chi connectivity index (χ4n) is 2.13. The number of benzene rings is 1. The van der Waals surface area contributed by atoms with Crippen LogP contribution in [-0.4, -0.2) is 63.4 Å². The summed E-state index contributed by atoms with van der Waals surface area (Å²) in [5.41, 5.74) is 0. The molecule has 1 aliphatic rings. The Kier molecular flexibility index (Phi) is 4.61. The molecule has 12 heteroatoms. The summed E-state index contributed by atoms with van der Waals surface area (Å²) >= 11 is 0. The number of hydrogen-bond donors (Lipinski definition) is 2. The van der Waals surface area contributed by atoms with Gasteiger partial charge in [0.1, 0.15) is 10.7 Å². The molecule has 1 saturated heterocycles. The van der Waals surface area contributed by atoms with Gasteiger partial charge in [-0.25, -0.2) is 31.2 Å². The van der Waals surface area contributed by atoms with E-state index in [1.807, 2.05) is 0 Å². The maximum Gasteiger partial charge on any atom is 0.407 e. The smallest absolute Gasteiger partial charge is 0.407 e. The normalized spacial score (nSPS) is 17.2. The lowest BCUT2D eigenvalue weighted by molar-refractivity contribution is 0.126. The molecule has 0 aromatic heterocycles. The van der Waals surface area contributed by atoms with Crippen LogP contribution in [0.5, 0.6) is 0 Å². The summed E-state index contributed by atoms with van der Waals surface area (Å²) in [5, 5.41) is 13.7. The van der Waals surface area contributed by atoms with Gasteiger partial charge in [-0.1, -0.05) is 0 Å². The van der Waals surface area contributed by atoms with E-state index in [2.05, 4.69) is 0 Å². The van der Waals surface area contributed by atoms with E-state index in [4.69, 9.17) is 10.2 Å². The Morgan fingerprint density at radius 3 is 2.13 bits per heavy atom. The van der Waals surface area contributed by atoms with Crippen LogP contribution in [0.3, 0.4) is 0 Å². The number of rotatable bonds is 3. The molecule has 1 aromatic rings. The Morgan fingerprint density at radius 1 is 1.13 bits per heavy atom. The maximum absolute atomic E-state index is 14.0. The molecule has 23 heavy (non-hydrogen) atoms. The predicted molar refractivity (Wildman–Crippen MR) is 76.1 cm³/mol. The molecule has 0 unspecified atom stereocenters. The van der Waals surface area contributed by atoms with Gasteiger partial charge in [0.15, 0.2) is 0 Å². The van der Waals surface area contributed by atoms with Crippen molar-refractivity contribution in [1.29, 1.82) is 0 Å². The average molecular weight is 367 g/mol. The molecular weight excluding hydrogens is 353 g/mol. The van der Waals surface area contributed by atoms with Crippen molar-refractivity contribution in [2.75, 3.05) is 26.2 Å². The Bertz CT molecular complexity index is 831. The van der Waals surface area contributed by atoms with Gasteiger partial charge in [0.25, 0.3) is 0 Å². The van der Waals surface area contributed by atoms with Crippen molar-refractivity contribution in [2.45, 2.75) is 9.79 Å². The van der Waals surface area contributed by atoms with Crippen LogP contribution < -0.4 is 5.14 Å². The van der Waals surface area contributed by atoms with Gasteiger partial charge in [-0.3, -0.25) is 0 Å². The molecule has 1 fully saturated rings. The largest absolute Gasteiger partial charge is 0.465 e. The summed E-state index contributed by atoms with van der Waals surface area (Å²) in [5.74, 6) is -1.24. The second-order valence-electron chi connectivity index (χ2n) is 4.81. The lowest BCUT2D eigenvalue weighted by atomic mass is 10.3. The number of nitrogens with two attached hydrogens (primary N) is 1. The number of nitrogens with zero attached hydrogens (tertiary/aromatic N) is 2. The zero-order valence-corrected chi connectivity index (χ0v) is 13.3. The molecule has 1 heterocycles. The lowest BCUT2D eigenvalue weighted by Gasteiger charge is -2.32. The topological polar surface area (TPSA) is 138 Å². The van der Waals surface area contributed by atoms with Crippen LogP contribution in [0.4, 0.5) is 9.18 Å². The Labute approximate surface area is 132 Å². The number of piperazine rings is 1. The van der Waals surface area contributed by atoms with Gasteiger partial charge in [0.2, 0.25) is 20.0 Å². The Hall–Kier alpha value is -1.76. The van der Waals surface area contributed by atoms with E-state index < -0.39 is 41.7 Å². The minimum atomic E-state index is -4.20. The van der Waals surface area contributed by atoms with Gasteiger partial charge in [0, 0.05) is 26.2 Å². The van der Waals surface area contributed by atoms with E-state index in [-0.39, 0.29) is 26.2 Å². The highest BCUT2D eigenvalue weighted by Crippen LogP contribution is 2.23. The first kappa shape index (κ1) is 17.6. The number of amides is 1. The SMILES string of the molecule is NS(=O)(=O)c1ccc(S(=O)(=O)N2CCN(C(=O)O)CC2)c(F)c1. The predicted octanol–water partition coefficient (Wildman–Crippen LogP) is -0.543. The quantitative estimate of drug-likeness (QED) is 0.736. The van der Waals surface area contributed by atoms with Crippen LogP contribution in [0.2, 0.25) is 0 Å². The molecule has 3 N–H and O–H groups in total. The monoisotopic (exact) mass is 367 g/mol. The van der Waals surface area contributed by atoms with Gasteiger partial charge in [0.05, 0.1) is 4.90 Å². The fourth-order valence-corrected chi connectivity index (χ4v) is 4.12.